The van der Waals surface area contributed by atoms with Crippen LogP contribution in [0.2, 0.25) is 0 Å². The van der Waals surface area contributed by atoms with Crippen molar-refractivity contribution >= 4 is 17.7 Å². The first-order chi connectivity index (χ1) is 16.8. The highest BCUT2D eigenvalue weighted by atomic mass is 16.6. The van der Waals surface area contributed by atoms with Gasteiger partial charge in [0.15, 0.2) is 0 Å². The van der Waals surface area contributed by atoms with E-state index in [0.717, 1.165) is 38.3 Å². The van der Waals surface area contributed by atoms with Gasteiger partial charge in [0, 0.05) is 37.9 Å². The molecule has 5 rings (SSSR count). The standard InChI is InChI=1S/C30H35N3O2/c1-21-31-15-18-33(21)20-24-19-23-9-5-6-11-26(23)28(27-12-8-7-10-25(24)27)22-13-16-32(17-14-22)29(34)35-30(2,3)4/h5-12,15,18-19,22,28H,13-14,16-17,20H2,1-4H3. The van der Waals surface area contributed by atoms with E-state index in [2.05, 4.69) is 77.3 Å². The van der Waals surface area contributed by atoms with E-state index in [0.29, 0.717) is 11.8 Å². The molecule has 1 saturated heterocycles. The van der Waals surface area contributed by atoms with Crippen molar-refractivity contribution in [2.75, 3.05) is 13.1 Å². The van der Waals surface area contributed by atoms with Crippen molar-refractivity contribution in [3.63, 3.8) is 0 Å². The molecule has 0 N–H and O–H groups in total. The summed E-state index contributed by atoms with van der Waals surface area (Å²) in [5, 5.41) is 0. The molecule has 0 spiro atoms. The number of amides is 1. The molecule has 5 heteroatoms. The van der Waals surface area contributed by atoms with Crippen LogP contribution in [0.15, 0.2) is 60.9 Å². The first-order valence-corrected chi connectivity index (χ1v) is 12.6. The molecule has 1 aliphatic heterocycles. The van der Waals surface area contributed by atoms with Crippen LogP contribution >= 0.6 is 0 Å². The Labute approximate surface area is 208 Å². The number of nitrogens with zero attached hydrogens (tertiary/aromatic N) is 3. The second kappa shape index (κ2) is 9.37. The van der Waals surface area contributed by atoms with Gasteiger partial charge in [-0.2, -0.15) is 0 Å². The van der Waals surface area contributed by atoms with Crippen molar-refractivity contribution < 1.29 is 9.53 Å². The maximum Gasteiger partial charge on any atom is 0.410 e. The Hall–Kier alpha value is -3.34. The number of carbonyl (C=O) groups is 1. The van der Waals surface area contributed by atoms with Gasteiger partial charge < -0.3 is 14.2 Å². The third kappa shape index (κ3) is 4.90. The molecule has 35 heavy (non-hydrogen) atoms. The fraction of sp³-hybridized carbons (Fsp3) is 0.400. The number of rotatable bonds is 3. The van der Waals surface area contributed by atoms with Crippen LogP contribution in [0.5, 0.6) is 0 Å². The van der Waals surface area contributed by atoms with Crippen LogP contribution < -0.4 is 0 Å². The number of ether oxygens (including phenoxy) is 1. The highest BCUT2D eigenvalue weighted by Crippen LogP contribution is 2.45. The lowest BCUT2D eigenvalue weighted by Crippen LogP contribution is -2.42. The molecule has 2 aromatic carbocycles. The Morgan fingerprint density at radius 2 is 1.71 bits per heavy atom. The summed E-state index contributed by atoms with van der Waals surface area (Å²) in [6.07, 6.45) is 8.01. The van der Waals surface area contributed by atoms with Crippen molar-refractivity contribution in [1.29, 1.82) is 0 Å². The molecule has 1 aromatic heterocycles. The van der Waals surface area contributed by atoms with Crippen molar-refractivity contribution in [3.05, 3.63) is 89.0 Å². The second-order valence-corrected chi connectivity index (χ2v) is 10.8. The molecule has 1 atom stereocenters. The number of piperidine rings is 1. The summed E-state index contributed by atoms with van der Waals surface area (Å²) in [5.41, 5.74) is 6.21. The molecule has 182 valence electrons. The maximum atomic E-state index is 12.7. The lowest BCUT2D eigenvalue weighted by molar-refractivity contribution is 0.0178. The topological polar surface area (TPSA) is 47.4 Å². The highest BCUT2D eigenvalue weighted by Gasteiger charge is 2.35. The quantitative estimate of drug-likeness (QED) is 0.438. The molecule has 2 aliphatic rings. The van der Waals surface area contributed by atoms with E-state index in [1.807, 2.05) is 31.9 Å². The predicted octanol–water partition coefficient (Wildman–Crippen LogP) is 6.52. The molecule has 1 fully saturated rings. The number of aryl methyl sites for hydroxylation is 1. The summed E-state index contributed by atoms with van der Waals surface area (Å²) in [5.74, 6) is 1.77. The lowest BCUT2D eigenvalue weighted by Gasteiger charge is -2.37. The van der Waals surface area contributed by atoms with Crippen molar-refractivity contribution in [2.24, 2.45) is 5.92 Å². The summed E-state index contributed by atoms with van der Waals surface area (Å²) in [6, 6.07) is 17.7. The van der Waals surface area contributed by atoms with Crippen molar-refractivity contribution in [1.82, 2.24) is 14.5 Å². The predicted molar refractivity (Wildman–Crippen MR) is 140 cm³/mol. The second-order valence-electron chi connectivity index (χ2n) is 10.8. The SMILES string of the molecule is Cc1nccn1CC1=Cc2ccccc2C(C2CCN(C(=O)OC(C)(C)C)CC2)c2ccccc21. The number of likely N-dealkylation sites (tertiary alicyclic amines) is 1. The molecular formula is C30H35N3O2. The van der Waals surface area contributed by atoms with Crippen molar-refractivity contribution in [3.8, 4) is 0 Å². The molecule has 5 nitrogen and oxygen atoms in total. The van der Waals surface area contributed by atoms with E-state index in [-0.39, 0.29) is 6.09 Å². The van der Waals surface area contributed by atoms with Crippen LogP contribution in [-0.2, 0) is 11.3 Å². The molecule has 0 bridgehead atoms. The Morgan fingerprint density at radius 1 is 1.03 bits per heavy atom. The minimum atomic E-state index is -0.469. The van der Waals surface area contributed by atoms with Crippen molar-refractivity contribution in [2.45, 2.75) is 58.6 Å². The summed E-state index contributed by atoms with van der Waals surface area (Å²) in [6.45, 7) is 10.1. The molecule has 1 amide bonds. The summed E-state index contributed by atoms with van der Waals surface area (Å²) >= 11 is 0. The number of aromatic nitrogens is 2. The molecule has 0 saturated carbocycles. The number of hydrogen-bond donors (Lipinski definition) is 0. The Morgan fingerprint density at radius 3 is 2.40 bits per heavy atom. The monoisotopic (exact) mass is 469 g/mol. The van der Waals surface area contributed by atoms with E-state index >= 15 is 0 Å². The smallest absolute Gasteiger partial charge is 0.410 e. The van der Waals surface area contributed by atoms with E-state index in [9.17, 15) is 4.79 Å². The van der Waals surface area contributed by atoms with Gasteiger partial charge in [-0.3, -0.25) is 0 Å². The largest absolute Gasteiger partial charge is 0.444 e. The minimum absolute atomic E-state index is 0.197. The zero-order valence-corrected chi connectivity index (χ0v) is 21.2. The molecule has 3 aromatic rings. The molecule has 1 aliphatic carbocycles. The van der Waals surface area contributed by atoms with E-state index < -0.39 is 5.60 Å². The van der Waals surface area contributed by atoms with Crippen LogP contribution in [-0.4, -0.2) is 39.2 Å². The number of imidazole rings is 1. The molecule has 1 unspecified atom stereocenters. The van der Waals surface area contributed by atoms with Gasteiger partial charge in [-0.1, -0.05) is 48.5 Å². The average Bonchev–Trinajstić information content (AvgIpc) is 3.17. The minimum Gasteiger partial charge on any atom is -0.444 e. The number of fused-ring (bicyclic) bond motifs is 2. The maximum absolute atomic E-state index is 12.7. The third-order valence-corrected chi connectivity index (χ3v) is 7.23. The molecule has 2 heterocycles. The van der Waals surface area contributed by atoms with Crippen LogP contribution in [0.25, 0.3) is 11.6 Å². The van der Waals surface area contributed by atoms with Gasteiger partial charge >= 0.3 is 6.09 Å². The van der Waals surface area contributed by atoms with Gasteiger partial charge in [0.1, 0.15) is 11.4 Å². The number of allylic oxidation sites excluding steroid dienone is 1. The fourth-order valence-corrected chi connectivity index (χ4v) is 5.55. The van der Waals surface area contributed by atoms with Gasteiger partial charge in [0.2, 0.25) is 0 Å². The lowest BCUT2D eigenvalue weighted by atomic mass is 9.74. The van der Waals surface area contributed by atoms with Crippen LogP contribution in [0.4, 0.5) is 4.79 Å². The van der Waals surface area contributed by atoms with Gasteiger partial charge in [-0.05, 0) is 80.4 Å². The Bertz CT molecular complexity index is 1240. The van der Waals surface area contributed by atoms with E-state index in [1.165, 1.54) is 27.8 Å². The first-order valence-electron chi connectivity index (χ1n) is 12.6. The number of carbonyl (C=O) groups excluding carboxylic acids is 1. The molecule has 0 radical (unpaired) electrons. The molecular weight excluding hydrogens is 434 g/mol. The number of hydrogen-bond acceptors (Lipinski definition) is 3. The van der Waals surface area contributed by atoms with Crippen LogP contribution in [0.1, 0.15) is 67.6 Å². The number of benzene rings is 2. The van der Waals surface area contributed by atoms with Crippen LogP contribution in [0, 0.1) is 12.8 Å². The highest BCUT2D eigenvalue weighted by molar-refractivity contribution is 5.86. The first kappa shape index (κ1) is 23.4. The zero-order valence-electron chi connectivity index (χ0n) is 21.2. The zero-order chi connectivity index (χ0) is 24.6. The summed E-state index contributed by atoms with van der Waals surface area (Å²) < 4.78 is 7.85. The summed E-state index contributed by atoms with van der Waals surface area (Å²) in [7, 11) is 0. The van der Waals surface area contributed by atoms with E-state index in [1.54, 1.807) is 0 Å². The Balaban J connectivity index is 1.48. The van der Waals surface area contributed by atoms with Gasteiger partial charge in [0.25, 0.3) is 0 Å². The van der Waals surface area contributed by atoms with E-state index in [4.69, 9.17) is 4.74 Å². The fourth-order valence-electron chi connectivity index (χ4n) is 5.55. The van der Waals surface area contributed by atoms with Gasteiger partial charge in [-0.15, -0.1) is 0 Å². The average molecular weight is 470 g/mol. The van der Waals surface area contributed by atoms with Crippen LogP contribution in [0.3, 0.4) is 0 Å². The summed E-state index contributed by atoms with van der Waals surface area (Å²) in [4.78, 5) is 19.0. The Kier molecular flexibility index (Phi) is 6.26. The third-order valence-electron chi connectivity index (χ3n) is 7.23. The van der Waals surface area contributed by atoms with Gasteiger partial charge in [-0.25, -0.2) is 9.78 Å². The normalized spacial score (nSPS) is 18.3. The van der Waals surface area contributed by atoms with Gasteiger partial charge in [0.05, 0.1) is 0 Å².